The number of hydrogen-bond acceptors (Lipinski definition) is 2. The van der Waals surface area contributed by atoms with Crippen LogP contribution in [-0.4, -0.2) is 36.2 Å². The zero-order chi connectivity index (χ0) is 22.6. The van der Waals surface area contributed by atoms with Crippen molar-refractivity contribution in [1.29, 1.82) is 0 Å². The Labute approximate surface area is 193 Å². The number of carbonyl (C=O) groups is 1. The van der Waals surface area contributed by atoms with Crippen molar-refractivity contribution in [3.05, 3.63) is 24.6 Å². The topological polar surface area (TPSA) is 41.1 Å². The van der Waals surface area contributed by atoms with Gasteiger partial charge in [-0.2, -0.15) is 0 Å². The lowest BCUT2D eigenvalue weighted by molar-refractivity contribution is -0.897. The summed E-state index contributed by atoms with van der Waals surface area (Å²) in [4.78, 5) is 11.2. The van der Waals surface area contributed by atoms with Gasteiger partial charge in [-0.05, 0) is 19.8 Å². The number of hydrogen-bond donors (Lipinski definition) is 2. The summed E-state index contributed by atoms with van der Waals surface area (Å²) in [6, 6.07) is 0. The van der Waals surface area contributed by atoms with Crippen LogP contribution in [0.25, 0.3) is 0 Å². The van der Waals surface area contributed by atoms with Crippen molar-refractivity contribution in [3.8, 4) is 0 Å². The molecule has 0 aliphatic carbocycles. The number of likely N-dealkylation sites (N-methyl/N-ethyl adjacent to an activating group) is 1. The molecule has 1 rings (SSSR count). The summed E-state index contributed by atoms with van der Waals surface area (Å²) in [6.07, 6.45) is 30.1. The molecule has 0 spiro atoms. The molecule has 2 unspecified atom stereocenters. The van der Waals surface area contributed by atoms with Crippen LogP contribution in [0.3, 0.4) is 0 Å². The molecule has 0 aromatic carbocycles. The van der Waals surface area contributed by atoms with E-state index >= 15 is 0 Å². The van der Waals surface area contributed by atoms with E-state index in [1.807, 2.05) is 0 Å². The van der Waals surface area contributed by atoms with Crippen molar-refractivity contribution in [2.45, 2.75) is 123 Å². The van der Waals surface area contributed by atoms with Gasteiger partial charge in [0.15, 0.2) is 6.17 Å². The van der Waals surface area contributed by atoms with Crippen molar-refractivity contribution in [1.82, 2.24) is 10.6 Å². The molecular weight excluding hydrogens is 382 g/mol. The molecule has 0 aromatic heterocycles. The van der Waals surface area contributed by atoms with Crippen LogP contribution in [0.2, 0.25) is 0 Å². The number of nitrogens with zero attached hydrogens (tertiary/aromatic N) is 1. The molecule has 0 saturated carbocycles. The number of unbranched alkanes of at least 4 members (excludes halogenated alkanes) is 13. The van der Waals surface area contributed by atoms with Gasteiger partial charge >= 0.3 is 0 Å². The lowest BCUT2D eigenvalue weighted by atomic mass is 10.0. The molecule has 180 valence electrons. The molecule has 2 atom stereocenters. The van der Waals surface area contributed by atoms with Crippen LogP contribution in [-0.2, 0) is 4.79 Å². The zero-order valence-electron chi connectivity index (χ0n) is 21.0. The SMILES string of the molecule is CCCCCCCCCCCCCCC/C=C/CC1NC=C[N+]1(CC)CCNC(C)=O. The van der Waals surface area contributed by atoms with E-state index in [1.54, 1.807) is 6.92 Å². The number of rotatable bonds is 20. The summed E-state index contributed by atoms with van der Waals surface area (Å²) in [5.41, 5.74) is 0. The lowest BCUT2D eigenvalue weighted by Crippen LogP contribution is -2.55. The summed E-state index contributed by atoms with van der Waals surface area (Å²) >= 11 is 0. The third-order valence-corrected chi connectivity index (χ3v) is 6.77. The molecule has 0 saturated heterocycles. The van der Waals surface area contributed by atoms with Gasteiger partial charge in [-0.15, -0.1) is 0 Å². The average molecular weight is 435 g/mol. The van der Waals surface area contributed by atoms with Crippen molar-refractivity contribution >= 4 is 5.91 Å². The summed E-state index contributed by atoms with van der Waals surface area (Å²) < 4.78 is 0.906. The maximum absolute atomic E-state index is 11.2. The van der Waals surface area contributed by atoms with Crippen LogP contribution in [0.1, 0.15) is 117 Å². The predicted molar refractivity (Wildman–Crippen MR) is 134 cm³/mol. The third kappa shape index (κ3) is 13.0. The van der Waals surface area contributed by atoms with E-state index in [0.29, 0.717) is 6.17 Å². The first-order valence-corrected chi connectivity index (χ1v) is 13.3. The van der Waals surface area contributed by atoms with E-state index in [4.69, 9.17) is 0 Å². The Bertz CT molecular complexity index is 503. The van der Waals surface area contributed by atoms with Gasteiger partial charge in [0.1, 0.15) is 12.7 Å². The van der Waals surface area contributed by atoms with E-state index in [-0.39, 0.29) is 5.91 Å². The fraction of sp³-hybridized carbons (Fsp3) is 0.815. The van der Waals surface area contributed by atoms with E-state index < -0.39 is 0 Å². The van der Waals surface area contributed by atoms with Crippen molar-refractivity contribution in [2.75, 3.05) is 19.6 Å². The molecule has 1 heterocycles. The van der Waals surface area contributed by atoms with Gasteiger partial charge in [0.05, 0.1) is 19.3 Å². The molecule has 4 heteroatoms. The monoisotopic (exact) mass is 434 g/mol. The number of amides is 1. The minimum absolute atomic E-state index is 0.0552. The van der Waals surface area contributed by atoms with Crippen molar-refractivity contribution in [3.63, 3.8) is 0 Å². The Morgan fingerprint density at radius 3 is 2.03 bits per heavy atom. The number of quaternary nitrogens is 1. The first-order valence-electron chi connectivity index (χ1n) is 13.3. The first-order chi connectivity index (χ1) is 15.1. The average Bonchev–Trinajstić information content (AvgIpc) is 3.16. The Morgan fingerprint density at radius 2 is 1.48 bits per heavy atom. The molecule has 1 aliphatic heterocycles. The fourth-order valence-electron chi connectivity index (χ4n) is 4.61. The number of nitrogens with one attached hydrogen (secondary N) is 2. The van der Waals surface area contributed by atoms with E-state index in [9.17, 15) is 4.79 Å². The molecule has 0 aromatic rings. The molecule has 31 heavy (non-hydrogen) atoms. The molecule has 0 fully saturated rings. The van der Waals surface area contributed by atoms with Crippen LogP contribution in [0, 0.1) is 0 Å². The van der Waals surface area contributed by atoms with Crippen LogP contribution in [0.5, 0.6) is 0 Å². The van der Waals surface area contributed by atoms with E-state index in [1.165, 1.54) is 89.9 Å². The number of carbonyl (C=O) groups excluding carboxylic acids is 1. The van der Waals surface area contributed by atoms with Crippen LogP contribution >= 0.6 is 0 Å². The standard InChI is InChI=1S/C27H51N3O/c1-4-6-7-8-9-10-11-12-13-14-15-16-17-18-19-20-21-27-29-23-25-30(27,5-2)24-22-28-26(3)31/h19-20,23,25,27,29H,4-18,21-22,24H2,1-3H3/p+1/b20-19+. The highest BCUT2D eigenvalue weighted by Gasteiger charge is 2.35. The fourth-order valence-corrected chi connectivity index (χ4v) is 4.61. The molecule has 2 N–H and O–H groups in total. The second-order valence-corrected chi connectivity index (χ2v) is 9.36. The molecule has 4 nitrogen and oxygen atoms in total. The molecule has 0 radical (unpaired) electrons. The maximum atomic E-state index is 11.2. The second-order valence-electron chi connectivity index (χ2n) is 9.36. The second kappa shape index (κ2) is 18.3. The minimum atomic E-state index is 0.0552. The highest BCUT2D eigenvalue weighted by Crippen LogP contribution is 2.21. The van der Waals surface area contributed by atoms with Gasteiger partial charge in [-0.1, -0.05) is 96.1 Å². The first kappa shape index (κ1) is 27.7. The molecular formula is C27H52N3O+. The van der Waals surface area contributed by atoms with E-state index in [0.717, 1.165) is 30.5 Å². The minimum Gasteiger partial charge on any atom is -0.351 e. The molecule has 1 aliphatic rings. The largest absolute Gasteiger partial charge is 0.351 e. The smallest absolute Gasteiger partial charge is 0.217 e. The van der Waals surface area contributed by atoms with Crippen LogP contribution in [0.15, 0.2) is 24.6 Å². The Morgan fingerprint density at radius 1 is 0.903 bits per heavy atom. The maximum Gasteiger partial charge on any atom is 0.217 e. The zero-order valence-corrected chi connectivity index (χ0v) is 21.0. The molecule has 0 bridgehead atoms. The van der Waals surface area contributed by atoms with Gasteiger partial charge in [-0.3, -0.25) is 9.28 Å². The third-order valence-electron chi connectivity index (χ3n) is 6.77. The summed E-state index contributed by atoms with van der Waals surface area (Å²) in [5, 5.41) is 6.46. The Kier molecular flexibility index (Phi) is 16.4. The van der Waals surface area contributed by atoms with Gasteiger partial charge in [-0.25, -0.2) is 0 Å². The van der Waals surface area contributed by atoms with Gasteiger partial charge in [0.2, 0.25) is 5.91 Å². The van der Waals surface area contributed by atoms with Gasteiger partial charge in [0, 0.05) is 13.3 Å². The van der Waals surface area contributed by atoms with Crippen molar-refractivity contribution in [2.24, 2.45) is 0 Å². The lowest BCUT2D eigenvalue weighted by Gasteiger charge is -2.36. The van der Waals surface area contributed by atoms with Gasteiger partial charge < -0.3 is 10.6 Å². The highest BCUT2D eigenvalue weighted by atomic mass is 16.1. The van der Waals surface area contributed by atoms with Crippen LogP contribution in [0.4, 0.5) is 0 Å². The Hall–Kier alpha value is -1.29. The summed E-state index contributed by atoms with van der Waals surface area (Å²) in [6.45, 7) is 8.82. The summed E-state index contributed by atoms with van der Waals surface area (Å²) in [7, 11) is 0. The summed E-state index contributed by atoms with van der Waals surface area (Å²) in [5.74, 6) is 0.0552. The predicted octanol–water partition coefficient (Wildman–Crippen LogP) is 6.79. The highest BCUT2D eigenvalue weighted by molar-refractivity contribution is 5.72. The normalized spacial score (nSPS) is 20.4. The van der Waals surface area contributed by atoms with Gasteiger partial charge in [0.25, 0.3) is 0 Å². The molecule has 1 amide bonds. The van der Waals surface area contributed by atoms with Crippen LogP contribution < -0.4 is 10.6 Å². The number of allylic oxidation sites excluding steroid dienone is 1. The Balaban J connectivity index is 2.00. The van der Waals surface area contributed by atoms with Crippen molar-refractivity contribution < 1.29 is 9.28 Å². The quantitative estimate of drug-likeness (QED) is 0.126. The van der Waals surface area contributed by atoms with E-state index in [2.05, 4.69) is 49.0 Å².